The van der Waals surface area contributed by atoms with Gasteiger partial charge in [-0.1, -0.05) is 0 Å². The van der Waals surface area contributed by atoms with E-state index in [4.69, 9.17) is 0 Å². The highest BCUT2D eigenvalue weighted by molar-refractivity contribution is 9.10. The van der Waals surface area contributed by atoms with Crippen LogP contribution >= 0.6 is 15.9 Å². The molecule has 1 aromatic rings. The molecule has 2 rings (SSSR count). The molecule has 0 spiro atoms. The molecule has 0 bridgehead atoms. The van der Waals surface area contributed by atoms with Crippen LogP contribution < -0.4 is 5.32 Å². The fourth-order valence-electron chi connectivity index (χ4n) is 1.73. The summed E-state index contributed by atoms with van der Waals surface area (Å²) in [5, 5.41) is 2.38. The van der Waals surface area contributed by atoms with Crippen molar-refractivity contribution in [2.45, 2.75) is 25.1 Å². The second-order valence-corrected chi connectivity index (χ2v) is 4.56. The molecule has 16 heavy (non-hydrogen) atoms. The van der Waals surface area contributed by atoms with E-state index in [1.807, 2.05) is 0 Å². The topological polar surface area (TPSA) is 12.0 Å². The van der Waals surface area contributed by atoms with E-state index in [0.717, 1.165) is 0 Å². The molecule has 88 valence electrons. The molecular weight excluding hydrogens is 290 g/mol. The molecule has 1 atom stereocenters. The maximum Gasteiger partial charge on any atom is 0.408 e. The SMILES string of the molecule is Fc1cc2c(cc1Br)NC(C(F)(F)F)CC2. The Kier molecular flexibility index (Phi) is 2.86. The number of alkyl halides is 3. The average Bonchev–Trinajstić information content (AvgIpc) is 2.17. The second kappa shape index (κ2) is 3.91. The summed E-state index contributed by atoms with van der Waals surface area (Å²) in [4.78, 5) is 0. The van der Waals surface area contributed by atoms with Crippen molar-refractivity contribution in [3.8, 4) is 0 Å². The number of fused-ring (bicyclic) bond motifs is 1. The number of halogens is 5. The van der Waals surface area contributed by atoms with Gasteiger partial charge in [0, 0.05) is 5.69 Å². The molecular formula is C10H8BrF4N. The van der Waals surface area contributed by atoms with Crippen LogP contribution in [0.2, 0.25) is 0 Å². The Morgan fingerprint density at radius 2 is 2.00 bits per heavy atom. The number of hydrogen-bond donors (Lipinski definition) is 1. The number of nitrogens with one attached hydrogen (secondary N) is 1. The maximum absolute atomic E-state index is 13.1. The third-order valence-corrected chi connectivity index (χ3v) is 3.18. The van der Waals surface area contributed by atoms with Crippen LogP contribution in [0.3, 0.4) is 0 Å². The van der Waals surface area contributed by atoms with Crippen molar-refractivity contribution in [1.29, 1.82) is 0 Å². The molecule has 6 heteroatoms. The average molecular weight is 298 g/mol. The van der Waals surface area contributed by atoms with Crippen molar-refractivity contribution in [3.05, 3.63) is 28.0 Å². The van der Waals surface area contributed by atoms with Gasteiger partial charge in [0.05, 0.1) is 4.47 Å². The van der Waals surface area contributed by atoms with Crippen LogP contribution in [0.15, 0.2) is 16.6 Å². The molecule has 0 aliphatic carbocycles. The molecule has 1 unspecified atom stereocenters. The summed E-state index contributed by atoms with van der Waals surface area (Å²) in [6.07, 6.45) is -4.09. The maximum atomic E-state index is 13.1. The van der Waals surface area contributed by atoms with Crippen LogP contribution in [0.1, 0.15) is 12.0 Å². The molecule has 0 saturated heterocycles. The van der Waals surface area contributed by atoms with Crippen molar-refractivity contribution in [2.75, 3.05) is 5.32 Å². The zero-order valence-corrected chi connectivity index (χ0v) is 9.62. The number of anilines is 1. The Morgan fingerprint density at radius 1 is 1.31 bits per heavy atom. The smallest absolute Gasteiger partial charge is 0.374 e. The van der Waals surface area contributed by atoms with Crippen LogP contribution in [-0.2, 0) is 6.42 Å². The molecule has 0 aromatic heterocycles. The highest BCUT2D eigenvalue weighted by Crippen LogP contribution is 2.35. The Morgan fingerprint density at radius 3 is 2.62 bits per heavy atom. The van der Waals surface area contributed by atoms with Gasteiger partial charge in [-0.25, -0.2) is 4.39 Å². The van der Waals surface area contributed by atoms with Gasteiger partial charge in [0.25, 0.3) is 0 Å². The van der Waals surface area contributed by atoms with E-state index in [1.165, 1.54) is 12.1 Å². The van der Waals surface area contributed by atoms with Gasteiger partial charge < -0.3 is 5.32 Å². The molecule has 1 nitrogen and oxygen atoms in total. The van der Waals surface area contributed by atoms with Crippen LogP contribution in [-0.4, -0.2) is 12.2 Å². The molecule has 0 saturated carbocycles. The molecule has 1 aliphatic heterocycles. The van der Waals surface area contributed by atoms with E-state index in [1.54, 1.807) is 0 Å². The van der Waals surface area contributed by atoms with Crippen LogP contribution in [0.5, 0.6) is 0 Å². The summed E-state index contributed by atoms with van der Waals surface area (Å²) in [5.41, 5.74) is 0.933. The predicted octanol–water partition coefficient (Wildman–Crippen LogP) is 3.88. The normalized spacial score (nSPS) is 20.2. The van der Waals surface area contributed by atoms with Gasteiger partial charge in [-0.2, -0.15) is 13.2 Å². The van der Waals surface area contributed by atoms with Crippen molar-refractivity contribution < 1.29 is 17.6 Å². The van der Waals surface area contributed by atoms with Crippen LogP contribution in [0.25, 0.3) is 0 Å². The molecule has 1 N–H and O–H groups in total. The predicted molar refractivity (Wildman–Crippen MR) is 55.9 cm³/mol. The fraction of sp³-hybridized carbons (Fsp3) is 0.400. The van der Waals surface area contributed by atoms with E-state index in [2.05, 4.69) is 21.2 Å². The van der Waals surface area contributed by atoms with Crippen molar-refractivity contribution in [2.24, 2.45) is 0 Å². The largest absolute Gasteiger partial charge is 0.408 e. The van der Waals surface area contributed by atoms with E-state index < -0.39 is 18.0 Å². The monoisotopic (exact) mass is 297 g/mol. The summed E-state index contributed by atoms with van der Waals surface area (Å²) >= 11 is 2.95. The Bertz CT molecular complexity index is 416. The summed E-state index contributed by atoms with van der Waals surface area (Å²) in [7, 11) is 0. The van der Waals surface area contributed by atoms with Crippen LogP contribution in [0.4, 0.5) is 23.2 Å². The number of benzene rings is 1. The standard InChI is InChI=1S/C10H8BrF4N/c11-6-4-8-5(3-7(6)12)1-2-9(16-8)10(13,14)15/h3-4,9,16H,1-2H2. The van der Waals surface area contributed by atoms with Gasteiger partial charge in [0.2, 0.25) is 0 Å². The molecule has 0 amide bonds. The van der Waals surface area contributed by atoms with Gasteiger partial charge >= 0.3 is 6.18 Å². The number of aryl methyl sites for hydroxylation is 1. The second-order valence-electron chi connectivity index (χ2n) is 3.70. The van der Waals surface area contributed by atoms with Gasteiger partial charge in [-0.3, -0.25) is 0 Å². The molecule has 1 aliphatic rings. The first kappa shape index (κ1) is 11.7. The minimum absolute atomic E-state index is 0.0580. The fourth-order valence-corrected chi connectivity index (χ4v) is 2.08. The minimum atomic E-state index is -4.27. The summed E-state index contributed by atoms with van der Waals surface area (Å²) in [6, 6.07) is 1.07. The van der Waals surface area contributed by atoms with E-state index in [9.17, 15) is 17.6 Å². The third kappa shape index (κ3) is 2.16. The van der Waals surface area contributed by atoms with Crippen molar-refractivity contribution >= 4 is 21.6 Å². The van der Waals surface area contributed by atoms with E-state index in [0.29, 0.717) is 11.3 Å². The minimum Gasteiger partial charge on any atom is -0.374 e. The molecule has 0 radical (unpaired) electrons. The Balaban J connectivity index is 2.31. The van der Waals surface area contributed by atoms with Gasteiger partial charge in [0.1, 0.15) is 11.9 Å². The Labute approximate surface area is 98.0 Å². The molecule has 1 heterocycles. The van der Waals surface area contributed by atoms with Gasteiger partial charge in [-0.05, 0) is 46.5 Å². The zero-order valence-electron chi connectivity index (χ0n) is 8.04. The molecule has 1 aromatic carbocycles. The van der Waals surface area contributed by atoms with Crippen molar-refractivity contribution in [1.82, 2.24) is 0 Å². The summed E-state index contributed by atoms with van der Waals surface area (Å²) in [5.74, 6) is -0.453. The number of hydrogen-bond acceptors (Lipinski definition) is 1. The summed E-state index contributed by atoms with van der Waals surface area (Å²) in [6.45, 7) is 0. The van der Waals surface area contributed by atoms with Crippen LogP contribution in [0, 0.1) is 5.82 Å². The highest BCUT2D eigenvalue weighted by Gasteiger charge is 2.41. The third-order valence-electron chi connectivity index (χ3n) is 2.57. The Hall–Kier alpha value is -0.780. The zero-order chi connectivity index (χ0) is 11.9. The quantitative estimate of drug-likeness (QED) is 0.717. The molecule has 0 fully saturated rings. The number of rotatable bonds is 0. The lowest BCUT2D eigenvalue weighted by Gasteiger charge is -2.28. The highest BCUT2D eigenvalue weighted by atomic mass is 79.9. The van der Waals surface area contributed by atoms with Crippen molar-refractivity contribution in [3.63, 3.8) is 0 Å². The summed E-state index contributed by atoms with van der Waals surface area (Å²) < 4.78 is 50.7. The van der Waals surface area contributed by atoms with Gasteiger partial charge in [0.15, 0.2) is 0 Å². The van der Waals surface area contributed by atoms with E-state index in [-0.39, 0.29) is 17.3 Å². The first-order valence-corrected chi connectivity index (χ1v) is 5.48. The first-order valence-electron chi connectivity index (χ1n) is 4.69. The van der Waals surface area contributed by atoms with E-state index >= 15 is 0 Å². The lowest BCUT2D eigenvalue weighted by Crippen LogP contribution is -2.39. The lowest BCUT2D eigenvalue weighted by atomic mass is 9.98. The van der Waals surface area contributed by atoms with Gasteiger partial charge in [-0.15, -0.1) is 0 Å². The lowest BCUT2D eigenvalue weighted by molar-refractivity contribution is -0.144. The first-order chi connectivity index (χ1) is 7.38.